The molecule has 33 heavy (non-hydrogen) atoms. The zero-order valence-corrected chi connectivity index (χ0v) is 18.9. The van der Waals surface area contributed by atoms with E-state index < -0.39 is 17.7 Å². The number of aromatic nitrogens is 1. The summed E-state index contributed by atoms with van der Waals surface area (Å²) in [4.78, 5) is 31.9. The molecule has 6 heteroatoms. The molecule has 0 unspecified atom stereocenters. The molecule has 1 aliphatic heterocycles. The molecule has 0 spiro atoms. The van der Waals surface area contributed by atoms with Gasteiger partial charge in [-0.3, -0.25) is 14.6 Å². The monoisotopic (exact) mass is 442 g/mol. The number of rotatable bonds is 6. The van der Waals surface area contributed by atoms with Gasteiger partial charge in [0.15, 0.2) is 0 Å². The van der Waals surface area contributed by atoms with E-state index in [0.717, 1.165) is 22.3 Å². The second-order valence-electron chi connectivity index (χ2n) is 8.11. The number of ketones is 1. The number of carbonyl (C=O) groups excluding carboxylic acids is 2. The fourth-order valence-corrected chi connectivity index (χ4v) is 4.10. The van der Waals surface area contributed by atoms with Crippen molar-refractivity contribution >= 4 is 17.4 Å². The van der Waals surface area contributed by atoms with Gasteiger partial charge in [-0.1, -0.05) is 35.9 Å². The van der Waals surface area contributed by atoms with Crippen LogP contribution in [0.1, 0.15) is 40.8 Å². The maximum absolute atomic E-state index is 13.2. The van der Waals surface area contributed by atoms with Crippen LogP contribution in [-0.2, 0) is 16.1 Å². The lowest BCUT2D eigenvalue weighted by Crippen LogP contribution is -2.29. The second-order valence-corrected chi connectivity index (χ2v) is 8.11. The lowest BCUT2D eigenvalue weighted by atomic mass is 9.94. The molecule has 1 saturated heterocycles. The van der Waals surface area contributed by atoms with E-state index in [1.54, 1.807) is 36.7 Å². The first kappa shape index (κ1) is 22.3. The molecule has 0 aliphatic carbocycles. The minimum atomic E-state index is -0.710. The van der Waals surface area contributed by atoms with Crippen molar-refractivity contribution < 1.29 is 19.4 Å². The van der Waals surface area contributed by atoms with Crippen molar-refractivity contribution in [2.75, 3.05) is 6.61 Å². The third-order valence-corrected chi connectivity index (χ3v) is 5.76. The number of aliphatic hydroxyl groups is 1. The predicted molar refractivity (Wildman–Crippen MR) is 126 cm³/mol. The molecule has 0 bridgehead atoms. The maximum atomic E-state index is 13.2. The van der Waals surface area contributed by atoms with E-state index in [-0.39, 0.29) is 17.9 Å². The molecule has 1 amide bonds. The van der Waals surface area contributed by atoms with Crippen LogP contribution in [0.15, 0.2) is 72.6 Å². The largest absolute Gasteiger partial charge is 0.507 e. The van der Waals surface area contributed by atoms with Gasteiger partial charge in [-0.2, -0.15) is 0 Å². The van der Waals surface area contributed by atoms with Crippen LogP contribution in [0.4, 0.5) is 0 Å². The van der Waals surface area contributed by atoms with Crippen molar-refractivity contribution in [3.63, 3.8) is 0 Å². The Morgan fingerprint density at radius 2 is 1.85 bits per heavy atom. The van der Waals surface area contributed by atoms with Crippen LogP contribution in [0.25, 0.3) is 5.76 Å². The molecular weight excluding hydrogens is 416 g/mol. The van der Waals surface area contributed by atoms with Crippen molar-refractivity contribution in [1.29, 1.82) is 0 Å². The summed E-state index contributed by atoms with van der Waals surface area (Å²) in [5, 5.41) is 11.3. The summed E-state index contributed by atoms with van der Waals surface area (Å²) >= 11 is 0. The van der Waals surface area contributed by atoms with E-state index >= 15 is 0 Å². The number of nitrogens with zero attached hydrogens (tertiary/aromatic N) is 2. The van der Waals surface area contributed by atoms with E-state index in [4.69, 9.17) is 4.74 Å². The third kappa shape index (κ3) is 4.37. The highest BCUT2D eigenvalue weighted by atomic mass is 16.5. The number of ether oxygens (including phenoxy) is 1. The third-order valence-electron chi connectivity index (χ3n) is 5.76. The number of benzene rings is 2. The predicted octanol–water partition coefficient (Wildman–Crippen LogP) is 4.72. The molecule has 1 atom stereocenters. The second kappa shape index (κ2) is 9.28. The van der Waals surface area contributed by atoms with E-state index in [9.17, 15) is 14.7 Å². The number of likely N-dealkylation sites (tertiary alicyclic amines) is 1. The number of Topliss-reactive ketones (excluding diaryl/α,β-unsaturated/α-hetero) is 1. The molecule has 1 aliphatic rings. The van der Waals surface area contributed by atoms with Crippen molar-refractivity contribution in [3.8, 4) is 5.75 Å². The average molecular weight is 443 g/mol. The van der Waals surface area contributed by atoms with Crippen LogP contribution in [0.5, 0.6) is 5.75 Å². The lowest BCUT2D eigenvalue weighted by molar-refractivity contribution is -0.140. The zero-order chi connectivity index (χ0) is 23.5. The summed E-state index contributed by atoms with van der Waals surface area (Å²) in [5.74, 6) is -0.831. The van der Waals surface area contributed by atoms with Crippen molar-refractivity contribution in [2.45, 2.75) is 33.4 Å². The van der Waals surface area contributed by atoms with Crippen LogP contribution >= 0.6 is 0 Å². The minimum absolute atomic E-state index is 0.0799. The lowest BCUT2D eigenvalue weighted by Gasteiger charge is -2.25. The van der Waals surface area contributed by atoms with Crippen molar-refractivity contribution in [3.05, 3.63) is 100 Å². The summed E-state index contributed by atoms with van der Waals surface area (Å²) in [6.45, 7) is 6.48. The van der Waals surface area contributed by atoms with E-state index in [1.165, 1.54) is 4.90 Å². The van der Waals surface area contributed by atoms with Gasteiger partial charge < -0.3 is 14.7 Å². The van der Waals surface area contributed by atoms with Gasteiger partial charge in [0.25, 0.3) is 11.7 Å². The number of pyridine rings is 1. The standard InChI is InChI=1S/C27H26N2O4/c1-4-33-22-12-11-21(14-18(22)3)25(30)23-24(20-9-7-17(2)8-10-20)29(27(32)26(23)31)16-19-6-5-13-28-15-19/h5-15,24,30H,4,16H2,1-3H3/t24-/m0/s1. The molecular formula is C27H26N2O4. The Bertz CT molecular complexity index is 1220. The molecule has 0 saturated carbocycles. The molecule has 168 valence electrons. The van der Waals surface area contributed by atoms with Gasteiger partial charge in [0.2, 0.25) is 0 Å². The Morgan fingerprint density at radius 3 is 2.48 bits per heavy atom. The molecule has 0 radical (unpaired) electrons. The van der Waals surface area contributed by atoms with Gasteiger partial charge in [0, 0.05) is 24.5 Å². The maximum Gasteiger partial charge on any atom is 0.295 e. The first-order chi connectivity index (χ1) is 15.9. The highest BCUT2D eigenvalue weighted by Gasteiger charge is 2.46. The quantitative estimate of drug-likeness (QED) is 0.339. The zero-order valence-electron chi connectivity index (χ0n) is 18.9. The van der Waals surface area contributed by atoms with Gasteiger partial charge in [0.05, 0.1) is 18.2 Å². The summed E-state index contributed by atoms with van der Waals surface area (Å²) in [7, 11) is 0. The number of hydrogen-bond acceptors (Lipinski definition) is 5. The van der Waals surface area contributed by atoms with Gasteiger partial charge in [-0.15, -0.1) is 0 Å². The highest BCUT2D eigenvalue weighted by molar-refractivity contribution is 6.46. The van der Waals surface area contributed by atoms with Crippen LogP contribution in [-0.4, -0.2) is 33.3 Å². The van der Waals surface area contributed by atoms with E-state index in [0.29, 0.717) is 17.9 Å². The van der Waals surface area contributed by atoms with Crippen molar-refractivity contribution in [1.82, 2.24) is 9.88 Å². The summed E-state index contributed by atoms with van der Waals surface area (Å²) in [6.07, 6.45) is 3.32. The highest BCUT2D eigenvalue weighted by Crippen LogP contribution is 2.40. The Labute approximate surface area is 193 Å². The number of carbonyl (C=O) groups is 2. The number of aryl methyl sites for hydroxylation is 2. The van der Waals surface area contributed by atoms with E-state index in [1.807, 2.05) is 51.1 Å². The van der Waals surface area contributed by atoms with Crippen LogP contribution in [0.3, 0.4) is 0 Å². The average Bonchev–Trinajstić information content (AvgIpc) is 3.06. The molecule has 6 nitrogen and oxygen atoms in total. The summed E-state index contributed by atoms with van der Waals surface area (Å²) < 4.78 is 5.59. The smallest absolute Gasteiger partial charge is 0.295 e. The Balaban J connectivity index is 1.84. The minimum Gasteiger partial charge on any atom is -0.507 e. The van der Waals surface area contributed by atoms with Gasteiger partial charge in [-0.25, -0.2) is 0 Å². The molecule has 1 fully saturated rings. The molecule has 4 rings (SSSR count). The molecule has 1 aromatic heterocycles. The number of hydrogen-bond donors (Lipinski definition) is 1. The van der Waals surface area contributed by atoms with Gasteiger partial charge >= 0.3 is 0 Å². The first-order valence-electron chi connectivity index (χ1n) is 10.9. The number of aliphatic hydroxyl groups excluding tert-OH is 1. The topological polar surface area (TPSA) is 79.7 Å². The molecule has 1 N–H and O–H groups in total. The van der Waals surface area contributed by atoms with Crippen LogP contribution < -0.4 is 4.74 Å². The summed E-state index contributed by atoms with van der Waals surface area (Å²) in [6, 6.07) is 15.8. The SMILES string of the molecule is CCOc1ccc(C(O)=C2C(=O)C(=O)N(Cc3cccnc3)[C@H]2c2ccc(C)cc2)cc1C. The fraction of sp³-hybridized carbons (Fsp3) is 0.222. The molecule has 2 aromatic carbocycles. The van der Waals surface area contributed by atoms with Crippen LogP contribution in [0.2, 0.25) is 0 Å². The Morgan fingerprint density at radius 1 is 1.09 bits per heavy atom. The Kier molecular flexibility index (Phi) is 6.27. The summed E-state index contributed by atoms with van der Waals surface area (Å²) in [5.41, 5.74) is 3.99. The van der Waals surface area contributed by atoms with Crippen LogP contribution in [0, 0.1) is 13.8 Å². The number of amides is 1. The van der Waals surface area contributed by atoms with Gasteiger partial charge in [0.1, 0.15) is 11.5 Å². The normalized spacial score (nSPS) is 17.4. The fourth-order valence-electron chi connectivity index (χ4n) is 4.10. The van der Waals surface area contributed by atoms with Gasteiger partial charge in [-0.05, 0) is 61.7 Å². The molecule has 2 heterocycles. The van der Waals surface area contributed by atoms with Crippen molar-refractivity contribution in [2.24, 2.45) is 0 Å². The Hall–Kier alpha value is -3.93. The van der Waals surface area contributed by atoms with E-state index in [2.05, 4.69) is 4.98 Å². The molecule has 3 aromatic rings. The first-order valence-corrected chi connectivity index (χ1v) is 10.9.